The summed E-state index contributed by atoms with van der Waals surface area (Å²) in [5.41, 5.74) is 4.53. The van der Waals surface area contributed by atoms with Crippen LogP contribution in [-0.2, 0) is 4.79 Å². The van der Waals surface area contributed by atoms with Crippen LogP contribution in [0.4, 0.5) is 11.4 Å². The zero-order chi connectivity index (χ0) is 23.5. The van der Waals surface area contributed by atoms with Crippen LogP contribution in [-0.4, -0.2) is 21.8 Å². The number of nitrogens with one attached hydrogen (secondary N) is 3. The largest absolute Gasteiger partial charge is 0.338 e. The van der Waals surface area contributed by atoms with Crippen molar-refractivity contribution < 1.29 is 9.59 Å². The summed E-state index contributed by atoms with van der Waals surface area (Å²) in [7, 11) is 0. The molecule has 0 atom stereocenters. The molecule has 1 saturated carbocycles. The maximum atomic E-state index is 12.5. The predicted molar refractivity (Wildman–Crippen MR) is 136 cm³/mol. The Bertz CT molecular complexity index is 1320. The average Bonchev–Trinajstić information content (AvgIpc) is 3.29. The van der Waals surface area contributed by atoms with E-state index in [1.54, 1.807) is 24.3 Å². The first-order chi connectivity index (χ1) is 16.5. The summed E-state index contributed by atoms with van der Waals surface area (Å²) in [5, 5.41) is 6.53. The van der Waals surface area contributed by atoms with Gasteiger partial charge in [-0.2, -0.15) is 0 Å². The van der Waals surface area contributed by atoms with Crippen molar-refractivity contribution in [1.82, 2.24) is 9.97 Å². The number of aromatic nitrogens is 2. The Labute approximate surface area is 202 Å². The van der Waals surface area contributed by atoms with E-state index in [2.05, 4.69) is 20.6 Å². The number of imidazole rings is 1. The van der Waals surface area contributed by atoms with Gasteiger partial charge in [-0.1, -0.05) is 30.9 Å². The smallest absolute Gasteiger partial charge is 0.255 e. The number of aromatic amines is 1. The van der Waals surface area contributed by atoms with Gasteiger partial charge in [-0.25, -0.2) is 4.98 Å². The molecule has 1 fully saturated rings. The van der Waals surface area contributed by atoms with Crippen molar-refractivity contribution in [3.05, 3.63) is 77.3 Å². The lowest BCUT2D eigenvalue weighted by Gasteiger charge is -2.20. The van der Waals surface area contributed by atoms with Gasteiger partial charge in [0.1, 0.15) is 5.82 Å². The van der Waals surface area contributed by atoms with E-state index in [4.69, 9.17) is 11.6 Å². The lowest BCUT2D eigenvalue weighted by Crippen LogP contribution is -2.24. The van der Waals surface area contributed by atoms with Crippen molar-refractivity contribution in [3.63, 3.8) is 0 Å². The van der Waals surface area contributed by atoms with Crippen LogP contribution in [0.2, 0.25) is 5.02 Å². The van der Waals surface area contributed by atoms with Crippen molar-refractivity contribution in [3.8, 4) is 11.4 Å². The van der Waals surface area contributed by atoms with Gasteiger partial charge in [-0.05, 0) is 79.6 Å². The number of amides is 2. The molecule has 0 bridgehead atoms. The van der Waals surface area contributed by atoms with Gasteiger partial charge in [0.15, 0.2) is 0 Å². The molecule has 3 N–H and O–H groups in total. The molecule has 1 heterocycles. The maximum Gasteiger partial charge on any atom is 0.255 e. The van der Waals surface area contributed by atoms with Crippen molar-refractivity contribution in [1.29, 1.82) is 0 Å². The molecule has 3 aromatic carbocycles. The predicted octanol–water partition coefficient (Wildman–Crippen LogP) is 6.65. The Morgan fingerprint density at radius 1 is 0.853 bits per heavy atom. The summed E-state index contributed by atoms with van der Waals surface area (Å²) in [4.78, 5) is 33.0. The third-order valence-corrected chi connectivity index (χ3v) is 6.50. The quantitative estimate of drug-likeness (QED) is 0.303. The molecule has 0 radical (unpaired) electrons. The molecule has 7 heteroatoms. The minimum atomic E-state index is -0.207. The normalized spacial score (nSPS) is 14.1. The molecular weight excluding hydrogens is 448 g/mol. The fraction of sp³-hybridized carbons (Fsp3) is 0.222. The van der Waals surface area contributed by atoms with E-state index in [1.165, 1.54) is 6.42 Å². The second kappa shape index (κ2) is 9.69. The summed E-state index contributed by atoms with van der Waals surface area (Å²) in [6.07, 6.45) is 5.45. The number of anilines is 2. The molecule has 5 rings (SSSR count). The van der Waals surface area contributed by atoms with Crippen LogP contribution >= 0.6 is 11.6 Å². The lowest BCUT2D eigenvalue weighted by molar-refractivity contribution is -0.120. The van der Waals surface area contributed by atoms with Gasteiger partial charge in [0.2, 0.25) is 5.91 Å². The number of fused-ring (bicyclic) bond motifs is 1. The third-order valence-electron chi connectivity index (χ3n) is 6.25. The lowest BCUT2D eigenvalue weighted by atomic mass is 9.88. The molecule has 4 aromatic rings. The number of carbonyl (C=O) groups excluding carboxylic acids is 2. The average molecular weight is 473 g/mol. The standard InChI is InChI=1S/C27H25ClN4O2/c28-20-10-6-19(7-11-20)27(34)30-22-14-15-23-24(16-22)32-25(31-23)17-8-12-21(13-9-17)29-26(33)18-4-2-1-3-5-18/h6-16,18H,1-5H2,(H,29,33)(H,30,34)(H,31,32). The van der Waals surface area contributed by atoms with Crippen LogP contribution in [0.15, 0.2) is 66.7 Å². The van der Waals surface area contributed by atoms with E-state index in [0.717, 1.165) is 53.8 Å². The highest BCUT2D eigenvalue weighted by Crippen LogP contribution is 2.27. The Morgan fingerprint density at radius 2 is 1.56 bits per heavy atom. The van der Waals surface area contributed by atoms with Crippen molar-refractivity contribution in [2.45, 2.75) is 32.1 Å². The number of nitrogens with zero attached hydrogens (tertiary/aromatic N) is 1. The van der Waals surface area contributed by atoms with E-state index in [0.29, 0.717) is 16.3 Å². The van der Waals surface area contributed by atoms with Crippen molar-refractivity contribution in [2.24, 2.45) is 5.92 Å². The zero-order valence-corrected chi connectivity index (χ0v) is 19.4. The first-order valence-corrected chi connectivity index (χ1v) is 11.9. The number of rotatable bonds is 5. The monoisotopic (exact) mass is 472 g/mol. The maximum absolute atomic E-state index is 12.5. The molecular formula is C27H25ClN4O2. The Kier molecular flexibility index (Phi) is 6.32. The molecule has 1 aromatic heterocycles. The summed E-state index contributed by atoms with van der Waals surface area (Å²) in [6.45, 7) is 0. The molecule has 0 spiro atoms. The van der Waals surface area contributed by atoms with Crippen LogP contribution in [0.3, 0.4) is 0 Å². The summed E-state index contributed by atoms with van der Waals surface area (Å²) >= 11 is 5.90. The van der Waals surface area contributed by atoms with E-state index < -0.39 is 0 Å². The van der Waals surface area contributed by atoms with Crippen LogP contribution in [0.1, 0.15) is 42.5 Å². The first-order valence-electron chi connectivity index (χ1n) is 11.5. The Balaban J connectivity index is 1.28. The second-order valence-electron chi connectivity index (χ2n) is 8.68. The SMILES string of the molecule is O=C(Nc1ccc2nc(-c3ccc(NC(=O)C4CCCCC4)cc3)[nH]c2c1)c1ccc(Cl)cc1. The number of benzene rings is 3. The van der Waals surface area contributed by atoms with Gasteiger partial charge in [0.25, 0.3) is 5.91 Å². The highest BCUT2D eigenvalue weighted by molar-refractivity contribution is 6.30. The van der Waals surface area contributed by atoms with Gasteiger partial charge >= 0.3 is 0 Å². The summed E-state index contributed by atoms with van der Waals surface area (Å²) < 4.78 is 0. The van der Waals surface area contributed by atoms with Crippen LogP contribution < -0.4 is 10.6 Å². The topological polar surface area (TPSA) is 86.9 Å². The number of H-pyrrole nitrogens is 1. The minimum absolute atomic E-state index is 0.115. The van der Waals surface area contributed by atoms with E-state index in [-0.39, 0.29) is 17.7 Å². The van der Waals surface area contributed by atoms with Crippen LogP contribution in [0.5, 0.6) is 0 Å². The van der Waals surface area contributed by atoms with Crippen LogP contribution in [0.25, 0.3) is 22.4 Å². The first kappa shape index (κ1) is 22.2. The highest BCUT2D eigenvalue weighted by atomic mass is 35.5. The fourth-order valence-corrected chi connectivity index (χ4v) is 4.48. The zero-order valence-electron chi connectivity index (χ0n) is 18.6. The second-order valence-corrected chi connectivity index (χ2v) is 9.12. The Morgan fingerprint density at radius 3 is 2.29 bits per heavy atom. The summed E-state index contributed by atoms with van der Waals surface area (Å²) in [6, 6.07) is 20.0. The van der Waals surface area contributed by atoms with E-state index >= 15 is 0 Å². The van der Waals surface area contributed by atoms with Gasteiger partial charge < -0.3 is 15.6 Å². The molecule has 6 nitrogen and oxygen atoms in total. The Hall–Kier alpha value is -3.64. The number of halogens is 1. The number of hydrogen-bond donors (Lipinski definition) is 3. The van der Waals surface area contributed by atoms with Gasteiger partial charge in [-0.3, -0.25) is 9.59 Å². The van der Waals surface area contributed by atoms with Crippen LogP contribution in [0, 0.1) is 5.92 Å². The van der Waals surface area contributed by atoms with Gasteiger partial charge in [0, 0.05) is 33.4 Å². The molecule has 1 aliphatic carbocycles. The highest BCUT2D eigenvalue weighted by Gasteiger charge is 2.21. The molecule has 2 amide bonds. The molecule has 172 valence electrons. The third kappa shape index (κ3) is 4.97. The van der Waals surface area contributed by atoms with Gasteiger partial charge in [-0.15, -0.1) is 0 Å². The number of carbonyl (C=O) groups is 2. The van der Waals surface area contributed by atoms with E-state index in [9.17, 15) is 9.59 Å². The molecule has 1 aliphatic rings. The number of hydrogen-bond acceptors (Lipinski definition) is 3. The van der Waals surface area contributed by atoms with Crippen molar-refractivity contribution >= 4 is 45.8 Å². The molecule has 34 heavy (non-hydrogen) atoms. The van der Waals surface area contributed by atoms with Gasteiger partial charge in [0.05, 0.1) is 11.0 Å². The fourth-order valence-electron chi connectivity index (χ4n) is 4.35. The molecule has 0 saturated heterocycles. The molecule has 0 unspecified atom stereocenters. The van der Waals surface area contributed by atoms with Crippen molar-refractivity contribution in [2.75, 3.05) is 10.6 Å². The molecule has 0 aliphatic heterocycles. The summed E-state index contributed by atoms with van der Waals surface area (Å²) in [5.74, 6) is 0.755. The minimum Gasteiger partial charge on any atom is -0.338 e. The van der Waals surface area contributed by atoms with E-state index in [1.807, 2.05) is 42.5 Å².